The zero-order valence-electron chi connectivity index (χ0n) is 16.3. The number of carbonyl (C=O) groups is 2. The van der Waals surface area contributed by atoms with Crippen molar-refractivity contribution in [3.8, 4) is 5.75 Å². The van der Waals surface area contributed by atoms with Crippen LogP contribution in [-0.2, 0) is 22.4 Å². The number of nitrogens with zero attached hydrogens (tertiary/aromatic N) is 1. The molecule has 1 atom stereocenters. The third-order valence-corrected chi connectivity index (χ3v) is 7.09. The second kappa shape index (κ2) is 8.51. The lowest BCUT2D eigenvalue weighted by Crippen LogP contribution is -2.31. The molecule has 1 unspecified atom stereocenters. The smallest absolute Gasteiger partial charge is 0.349 e. The summed E-state index contributed by atoms with van der Waals surface area (Å²) in [5, 5.41) is 3.25. The fraction of sp³-hybridized carbons (Fsp3) is 0.381. The van der Waals surface area contributed by atoms with Crippen molar-refractivity contribution in [3.05, 3.63) is 39.6 Å². The monoisotopic (exact) mass is 430 g/mol. The SMILES string of the molecule is CCC(OC(=O)c1cc2c(s1)CCCC2)C(=O)Nc1nc2ccc(OC)cc2s1. The lowest BCUT2D eigenvalue weighted by Gasteiger charge is -2.14. The van der Waals surface area contributed by atoms with Gasteiger partial charge in [0.1, 0.15) is 10.6 Å². The van der Waals surface area contributed by atoms with Crippen molar-refractivity contribution in [3.63, 3.8) is 0 Å². The highest BCUT2D eigenvalue weighted by atomic mass is 32.1. The topological polar surface area (TPSA) is 77.5 Å². The van der Waals surface area contributed by atoms with Crippen molar-refractivity contribution in [2.75, 3.05) is 12.4 Å². The quantitative estimate of drug-likeness (QED) is 0.568. The maximum Gasteiger partial charge on any atom is 0.349 e. The number of thiophene rings is 1. The third kappa shape index (κ3) is 4.28. The summed E-state index contributed by atoms with van der Waals surface area (Å²) in [5.41, 5.74) is 2.02. The Morgan fingerprint density at radius 2 is 2.03 bits per heavy atom. The predicted molar refractivity (Wildman–Crippen MR) is 115 cm³/mol. The Labute approximate surface area is 176 Å². The molecular weight excluding hydrogens is 408 g/mol. The summed E-state index contributed by atoms with van der Waals surface area (Å²) in [6.45, 7) is 1.82. The number of ether oxygens (including phenoxy) is 2. The number of benzene rings is 1. The van der Waals surface area contributed by atoms with Gasteiger partial charge in [0.2, 0.25) is 0 Å². The highest BCUT2D eigenvalue weighted by Gasteiger charge is 2.25. The van der Waals surface area contributed by atoms with Crippen LogP contribution >= 0.6 is 22.7 Å². The normalized spacial score (nSPS) is 14.3. The van der Waals surface area contributed by atoms with Crippen LogP contribution in [0.4, 0.5) is 5.13 Å². The number of esters is 1. The van der Waals surface area contributed by atoms with Gasteiger partial charge in [-0.2, -0.15) is 0 Å². The van der Waals surface area contributed by atoms with E-state index in [-0.39, 0.29) is 5.91 Å². The van der Waals surface area contributed by atoms with E-state index >= 15 is 0 Å². The van der Waals surface area contributed by atoms with Crippen LogP contribution in [0.1, 0.15) is 46.3 Å². The molecule has 0 saturated heterocycles. The van der Waals surface area contributed by atoms with Gasteiger partial charge in [-0.1, -0.05) is 18.3 Å². The van der Waals surface area contributed by atoms with Crippen molar-refractivity contribution in [1.29, 1.82) is 0 Å². The molecule has 29 heavy (non-hydrogen) atoms. The molecule has 0 fully saturated rings. The second-order valence-electron chi connectivity index (χ2n) is 6.91. The Bertz CT molecular complexity index is 1030. The van der Waals surface area contributed by atoms with E-state index in [9.17, 15) is 9.59 Å². The molecule has 0 bridgehead atoms. The average Bonchev–Trinajstić information content (AvgIpc) is 3.34. The molecule has 0 saturated carbocycles. The van der Waals surface area contributed by atoms with Crippen LogP contribution < -0.4 is 10.1 Å². The van der Waals surface area contributed by atoms with Gasteiger partial charge in [0, 0.05) is 4.88 Å². The molecule has 0 aliphatic heterocycles. The van der Waals surface area contributed by atoms with Crippen molar-refractivity contribution < 1.29 is 19.1 Å². The molecule has 3 aromatic rings. The van der Waals surface area contributed by atoms with E-state index in [1.807, 2.05) is 31.2 Å². The number of methoxy groups -OCH3 is 1. The number of amides is 1. The Kier molecular flexibility index (Phi) is 5.82. The Morgan fingerprint density at radius 3 is 2.79 bits per heavy atom. The van der Waals surface area contributed by atoms with Crippen LogP contribution in [0.25, 0.3) is 10.2 Å². The van der Waals surface area contributed by atoms with Gasteiger partial charge in [-0.15, -0.1) is 11.3 Å². The number of rotatable bonds is 6. The minimum absolute atomic E-state index is 0.367. The lowest BCUT2D eigenvalue weighted by atomic mass is 9.99. The summed E-state index contributed by atoms with van der Waals surface area (Å²) < 4.78 is 11.7. The van der Waals surface area contributed by atoms with E-state index in [1.54, 1.807) is 7.11 Å². The molecule has 6 nitrogen and oxygen atoms in total. The molecular formula is C21H22N2O4S2. The molecule has 0 spiro atoms. The van der Waals surface area contributed by atoms with E-state index in [0.717, 1.165) is 41.6 Å². The van der Waals surface area contributed by atoms with Gasteiger partial charge in [0.05, 0.1) is 17.3 Å². The fourth-order valence-electron chi connectivity index (χ4n) is 3.37. The van der Waals surface area contributed by atoms with E-state index < -0.39 is 12.1 Å². The number of anilines is 1. The van der Waals surface area contributed by atoms with Crippen LogP contribution in [0, 0.1) is 0 Å². The van der Waals surface area contributed by atoms with E-state index in [0.29, 0.717) is 16.4 Å². The Hall–Kier alpha value is -2.45. The fourth-order valence-corrected chi connectivity index (χ4v) is 5.41. The van der Waals surface area contributed by atoms with Crippen LogP contribution in [0.2, 0.25) is 0 Å². The first kappa shape index (κ1) is 19.8. The molecule has 152 valence electrons. The van der Waals surface area contributed by atoms with Gasteiger partial charge in [0.15, 0.2) is 11.2 Å². The standard InChI is InChI=1S/C21H22N2O4S2/c1-3-15(27-20(25)18-10-12-6-4-5-7-16(12)28-18)19(24)23-21-22-14-9-8-13(26-2)11-17(14)29-21/h8-11,15H,3-7H2,1-2H3,(H,22,23,24). The highest BCUT2D eigenvalue weighted by Crippen LogP contribution is 2.31. The van der Waals surface area contributed by atoms with Gasteiger partial charge in [-0.3, -0.25) is 10.1 Å². The molecule has 1 aliphatic rings. The molecule has 2 heterocycles. The Morgan fingerprint density at radius 1 is 1.21 bits per heavy atom. The number of nitrogens with one attached hydrogen (secondary N) is 1. The molecule has 1 amide bonds. The first-order chi connectivity index (χ1) is 14.1. The molecule has 8 heteroatoms. The summed E-state index contributed by atoms with van der Waals surface area (Å²) in [4.78, 5) is 31.5. The summed E-state index contributed by atoms with van der Waals surface area (Å²) in [5.74, 6) is -0.0633. The maximum absolute atomic E-state index is 12.7. The van der Waals surface area contributed by atoms with E-state index in [4.69, 9.17) is 9.47 Å². The molecule has 2 aromatic heterocycles. The van der Waals surface area contributed by atoms with E-state index in [1.165, 1.54) is 33.1 Å². The molecule has 1 N–H and O–H groups in total. The number of hydrogen-bond acceptors (Lipinski definition) is 7. The number of hydrogen-bond donors (Lipinski definition) is 1. The molecule has 1 aromatic carbocycles. The number of fused-ring (bicyclic) bond motifs is 2. The summed E-state index contributed by atoms with van der Waals surface area (Å²) in [7, 11) is 1.61. The van der Waals surface area contributed by atoms with E-state index in [2.05, 4.69) is 10.3 Å². The first-order valence-corrected chi connectivity index (χ1v) is 11.3. The van der Waals surface area contributed by atoms with Gasteiger partial charge in [0.25, 0.3) is 5.91 Å². The van der Waals surface area contributed by atoms with Gasteiger partial charge >= 0.3 is 5.97 Å². The number of aromatic nitrogens is 1. The maximum atomic E-state index is 12.7. The van der Waals surface area contributed by atoms with Gasteiger partial charge in [-0.05, 0) is 61.9 Å². The van der Waals surface area contributed by atoms with Crippen molar-refractivity contribution >= 4 is 49.9 Å². The van der Waals surface area contributed by atoms with Crippen molar-refractivity contribution in [1.82, 2.24) is 4.98 Å². The summed E-state index contributed by atoms with van der Waals surface area (Å²) >= 11 is 2.84. The first-order valence-electron chi connectivity index (χ1n) is 9.65. The summed E-state index contributed by atoms with van der Waals surface area (Å²) in [6.07, 6.45) is 3.89. The van der Waals surface area contributed by atoms with Gasteiger partial charge in [-0.25, -0.2) is 9.78 Å². The van der Waals surface area contributed by atoms with Crippen LogP contribution in [0.15, 0.2) is 24.3 Å². The number of carbonyl (C=O) groups excluding carboxylic acids is 2. The second-order valence-corrected chi connectivity index (χ2v) is 9.08. The lowest BCUT2D eigenvalue weighted by molar-refractivity contribution is -0.124. The number of aryl methyl sites for hydroxylation is 2. The molecule has 0 radical (unpaired) electrons. The average molecular weight is 431 g/mol. The van der Waals surface area contributed by atoms with Crippen LogP contribution in [0.3, 0.4) is 0 Å². The zero-order valence-corrected chi connectivity index (χ0v) is 18.0. The van der Waals surface area contributed by atoms with Crippen LogP contribution in [0.5, 0.6) is 5.75 Å². The summed E-state index contributed by atoms with van der Waals surface area (Å²) in [6, 6.07) is 7.47. The molecule has 1 aliphatic carbocycles. The number of thiazole rings is 1. The Balaban J connectivity index is 1.44. The van der Waals surface area contributed by atoms with Crippen molar-refractivity contribution in [2.45, 2.75) is 45.1 Å². The minimum atomic E-state index is -0.858. The zero-order chi connectivity index (χ0) is 20.4. The minimum Gasteiger partial charge on any atom is -0.497 e. The van der Waals surface area contributed by atoms with Gasteiger partial charge < -0.3 is 9.47 Å². The largest absolute Gasteiger partial charge is 0.497 e. The van der Waals surface area contributed by atoms with Crippen LogP contribution in [-0.4, -0.2) is 30.1 Å². The molecule has 4 rings (SSSR count). The van der Waals surface area contributed by atoms with Crippen molar-refractivity contribution in [2.24, 2.45) is 0 Å². The predicted octanol–water partition coefficient (Wildman–Crippen LogP) is 4.82. The third-order valence-electron chi connectivity index (χ3n) is 4.94. The highest BCUT2D eigenvalue weighted by molar-refractivity contribution is 7.22.